The molecule has 0 aliphatic heterocycles. The van der Waals surface area contributed by atoms with Gasteiger partial charge in [0.15, 0.2) is 15.0 Å². The molecule has 1 heterocycles. The maximum atomic E-state index is 12.5. The number of anilines is 1. The average Bonchev–Trinajstić information content (AvgIpc) is 2.95. The summed E-state index contributed by atoms with van der Waals surface area (Å²) in [7, 11) is -3.32. The predicted octanol–water partition coefficient (Wildman–Crippen LogP) is 1.19. The van der Waals surface area contributed by atoms with Gasteiger partial charge in [-0.1, -0.05) is 24.2 Å². The van der Waals surface area contributed by atoms with E-state index in [-0.39, 0.29) is 10.8 Å². The molecule has 0 bridgehead atoms. The van der Waals surface area contributed by atoms with Gasteiger partial charge in [-0.05, 0) is 31.0 Å². The highest BCUT2D eigenvalue weighted by Crippen LogP contribution is 2.32. The molecule has 134 valence electrons. The highest BCUT2D eigenvalue weighted by atomic mass is 32.2. The molecule has 0 saturated heterocycles. The number of hydrogen-bond acceptors (Lipinski definition) is 7. The third-order valence-corrected chi connectivity index (χ3v) is 6.47. The number of nitrogens with zero attached hydrogens (tertiary/aromatic N) is 1. The highest BCUT2D eigenvalue weighted by molar-refractivity contribution is 7.90. The molecule has 2 aromatic rings. The van der Waals surface area contributed by atoms with Crippen LogP contribution in [0.2, 0.25) is 0 Å². The SMILES string of the molecule is CS(=O)(=O)c1ccc2nc(NC(=O)C3CCCCC3C(=O)[O-])sc2c1. The zero-order valence-corrected chi connectivity index (χ0v) is 15.2. The van der Waals surface area contributed by atoms with Crippen molar-refractivity contribution in [3.63, 3.8) is 0 Å². The van der Waals surface area contributed by atoms with Gasteiger partial charge in [-0.2, -0.15) is 0 Å². The summed E-state index contributed by atoms with van der Waals surface area (Å²) in [5.41, 5.74) is 0.577. The van der Waals surface area contributed by atoms with Crippen molar-refractivity contribution >= 4 is 48.4 Å². The monoisotopic (exact) mass is 381 g/mol. The highest BCUT2D eigenvalue weighted by Gasteiger charge is 2.32. The Hall–Kier alpha value is -2.00. The number of carbonyl (C=O) groups is 2. The lowest BCUT2D eigenvalue weighted by atomic mass is 9.79. The molecule has 1 aromatic carbocycles. The maximum absolute atomic E-state index is 12.5. The number of nitrogens with one attached hydrogen (secondary N) is 1. The fourth-order valence-electron chi connectivity index (χ4n) is 3.11. The predicted molar refractivity (Wildman–Crippen MR) is 91.8 cm³/mol. The van der Waals surface area contributed by atoms with Crippen molar-refractivity contribution < 1.29 is 23.1 Å². The molecule has 25 heavy (non-hydrogen) atoms. The van der Waals surface area contributed by atoms with E-state index >= 15 is 0 Å². The van der Waals surface area contributed by atoms with Gasteiger partial charge in [-0.15, -0.1) is 0 Å². The fraction of sp³-hybridized carbons (Fsp3) is 0.438. The topological polar surface area (TPSA) is 116 Å². The van der Waals surface area contributed by atoms with Crippen LogP contribution < -0.4 is 10.4 Å². The first-order valence-corrected chi connectivity index (χ1v) is 10.6. The Morgan fingerprint density at radius 3 is 2.56 bits per heavy atom. The maximum Gasteiger partial charge on any atom is 0.229 e. The first kappa shape index (κ1) is 17.8. The van der Waals surface area contributed by atoms with E-state index < -0.39 is 27.6 Å². The van der Waals surface area contributed by atoms with Gasteiger partial charge in [-0.25, -0.2) is 13.4 Å². The first-order valence-electron chi connectivity index (χ1n) is 7.88. The number of amides is 1. The van der Waals surface area contributed by atoms with Crippen molar-refractivity contribution in [2.75, 3.05) is 11.6 Å². The number of carbonyl (C=O) groups excluding carboxylic acids is 2. The summed E-state index contributed by atoms with van der Waals surface area (Å²) >= 11 is 1.16. The molecule has 2 unspecified atom stereocenters. The summed E-state index contributed by atoms with van der Waals surface area (Å²) in [6.45, 7) is 0. The Morgan fingerprint density at radius 1 is 1.24 bits per heavy atom. The van der Waals surface area contributed by atoms with Crippen molar-refractivity contribution in [1.82, 2.24) is 4.98 Å². The minimum absolute atomic E-state index is 0.186. The van der Waals surface area contributed by atoms with Crippen LogP contribution in [0.15, 0.2) is 23.1 Å². The summed E-state index contributed by atoms with van der Waals surface area (Å²) in [5.74, 6) is -2.98. The molecule has 3 rings (SSSR count). The second-order valence-electron chi connectivity index (χ2n) is 6.23. The minimum atomic E-state index is -3.32. The molecule has 0 radical (unpaired) electrons. The molecule has 9 heteroatoms. The Morgan fingerprint density at radius 2 is 1.92 bits per heavy atom. The number of benzene rings is 1. The van der Waals surface area contributed by atoms with Gasteiger partial charge in [0.05, 0.1) is 15.1 Å². The number of fused-ring (bicyclic) bond motifs is 1. The van der Waals surface area contributed by atoms with Gasteiger partial charge in [0.1, 0.15) is 0 Å². The second-order valence-corrected chi connectivity index (χ2v) is 9.27. The van der Waals surface area contributed by atoms with Crippen LogP contribution in [-0.4, -0.2) is 31.5 Å². The normalized spacial score (nSPS) is 21.2. The molecule has 0 spiro atoms. The second kappa shape index (κ2) is 6.72. The lowest BCUT2D eigenvalue weighted by molar-refractivity contribution is -0.313. The first-order chi connectivity index (χ1) is 11.8. The van der Waals surface area contributed by atoms with Crippen LogP contribution in [0, 0.1) is 11.8 Å². The summed E-state index contributed by atoms with van der Waals surface area (Å²) in [4.78, 5) is 28.1. The van der Waals surface area contributed by atoms with Crippen LogP contribution in [0.5, 0.6) is 0 Å². The summed E-state index contributed by atoms with van der Waals surface area (Å²) in [6.07, 6.45) is 3.66. The lowest BCUT2D eigenvalue weighted by Crippen LogP contribution is -2.42. The zero-order chi connectivity index (χ0) is 18.2. The summed E-state index contributed by atoms with van der Waals surface area (Å²) in [6, 6.07) is 4.57. The molecule has 1 amide bonds. The van der Waals surface area contributed by atoms with Crippen molar-refractivity contribution in [3.8, 4) is 0 Å². The van der Waals surface area contributed by atoms with Crippen LogP contribution in [0.25, 0.3) is 10.2 Å². The zero-order valence-electron chi connectivity index (χ0n) is 13.5. The van der Waals surface area contributed by atoms with Crippen LogP contribution >= 0.6 is 11.3 Å². The molecule has 1 N–H and O–H groups in total. The van der Waals surface area contributed by atoms with Gasteiger partial charge in [0.25, 0.3) is 0 Å². The van der Waals surface area contributed by atoms with Gasteiger partial charge in [0.2, 0.25) is 5.91 Å². The number of aromatic nitrogens is 1. The van der Waals surface area contributed by atoms with Gasteiger partial charge in [0, 0.05) is 24.1 Å². The van der Waals surface area contributed by atoms with Crippen LogP contribution in [0.4, 0.5) is 5.13 Å². The van der Waals surface area contributed by atoms with E-state index in [1.165, 1.54) is 12.1 Å². The Bertz CT molecular complexity index is 935. The minimum Gasteiger partial charge on any atom is -0.550 e. The molecule has 7 nitrogen and oxygen atoms in total. The van der Waals surface area contributed by atoms with Crippen molar-refractivity contribution in [1.29, 1.82) is 0 Å². The number of thiazole rings is 1. The lowest BCUT2D eigenvalue weighted by Gasteiger charge is -2.30. The number of aliphatic carboxylic acids is 1. The quantitative estimate of drug-likeness (QED) is 0.850. The van der Waals surface area contributed by atoms with Crippen LogP contribution in [0.3, 0.4) is 0 Å². The number of sulfone groups is 1. The molecule has 2 atom stereocenters. The van der Waals surface area contributed by atoms with Gasteiger partial charge in [-0.3, -0.25) is 4.79 Å². The van der Waals surface area contributed by atoms with Crippen molar-refractivity contribution in [2.45, 2.75) is 30.6 Å². The van der Waals surface area contributed by atoms with E-state index in [9.17, 15) is 23.1 Å². The molecule has 1 aromatic heterocycles. The van der Waals surface area contributed by atoms with E-state index in [0.29, 0.717) is 28.2 Å². The van der Waals surface area contributed by atoms with Gasteiger partial charge >= 0.3 is 0 Å². The average molecular weight is 381 g/mol. The van der Waals surface area contributed by atoms with E-state index in [0.717, 1.165) is 30.4 Å². The molecule has 1 aliphatic rings. The van der Waals surface area contributed by atoms with Crippen molar-refractivity contribution in [3.05, 3.63) is 18.2 Å². The Kier molecular flexibility index (Phi) is 4.79. The van der Waals surface area contributed by atoms with Crippen LogP contribution in [0.1, 0.15) is 25.7 Å². The van der Waals surface area contributed by atoms with Gasteiger partial charge < -0.3 is 15.2 Å². The molecular weight excluding hydrogens is 364 g/mol. The standard InChI is InChI=1S/C16H18N2O5S2/c1-25(22,23)9-6-7-12-13(8-9)24-16(17-12)18-14(19)10-4-2-3-5-11(10)15(20)21/h6-8,10-11H,2-5H2,1H3,(H,20,21)(H,17,18,19)/p-1. The molecule has 1 aliphatic carbocycles. The summed E-state index contributed by atoms with van der Waals surface area (Å²) < 4.78 is 23.9. The number of carboxylic acid groups (broad SMARTS) is 1. The Labute approximate surface area is 149 Å². The molecule has 1 fully saturated rings. The van der Waals surface area contributed by atoms with E-state index in [2.05, 4.69) is 10.3 Å². The number of hydrogen-bond donors (Lipinski definition) is 1. The van der Waals surface area contributed by atoms with E-state index in [4.69, 9.17) is 0 Å². The third kappa shape index (κ3) is 3.82. The fourth-order valence-corrected chi connectivity index (χ4v) is 4.74. The number of carboxylic acids is 1. The molecule has 1 saturated carbocycles. The summed E-state index contributed by atoms with van der Waals surface area (Å²) in [5, 5.41) is 14.2. The third-order valence-electron chi connectivity index (χ3n) is 4.42. The van der Waals surface area contributed by atoms with E-state index in [1.54, 1.807) is 6.07 Å². The smallest absolute Gasteiger partial charge is 0.229 e. The molecular formula is C16H17N2O5S2-. The largest absolute Gasteiger partial charge is 0.550 e. The van der Waals surface area contributed by atoms with Crippen LogP contribution in [-0.2, 0) is 19.4 Å². The van der Waals surface area contributed by atoms with Crippen molar-refractivity contribution in [2.24, 2.45) is 11.8 Å². The Balaban J connectivity index is 1.82. The van der Waals surface area contributed by atoms with E-state index in [1.807, 2.05) is 0 Å². The number of rotatable bonds is 4.